The minimum atomic E-state index is -0.383. The number of rotatable bonds is 5. The number of hydrogen-bond acceptors (Lipinski definition) is 3. The predicted octanol–water partition coefficient (Wildman–Crippen LogP) is 5.34. The average Bonchev–Trinajstić information content (AvgIpc) is 3.05. The fourth-order valence-corrected chi connectivity index (χ4v) is 3.09. The number of ether oxygens (including phenoxy) is 1. The third-order valence-corrected chi connectivity index (χ3v) is 4.82. The molecule has 3 aromatic rings. The Hall–Kier alpha value is -2.66. The van der Waals surface area contributed by atoms with E-state index in [0.29, 0.717) is 17.2 Å². The van der Waals surface area contributed by atoms with E-state index in [2.05, 4.69) is 12.2 Å². The molecule has 2 aromatic carbocycles. The largest absolute Gasteiger partial charge is 0.489 e. The zero-order chi connectivity index (χ0) is 17.8. The maximum absolute atomic E-state index is 13.2. The van der Waals surface area contributed by atoms with Crippen molar-refractivity contribution in [2.24, 2.45) is 0 Å². The minimum absolute atomic E-state index is 0.256. The van der Waals surface area contributed by atoms with Crippen molar-refractivity contribution in [3.63, 3.8) is 0 Å². The molecular formula is C20H18FNO2S. The first-order chi connectivity index (χ1) is 12.0. The van der Waals surface area contributed by atoms with Crippen LogP contribution in [0.4, 0.5) is 10.1 Å². The van der Waals surface area contributed by atoms with E-state index in [1.165, 1.54) is 34.6 Å². The first-order valence-electron chi connectivity index (χ1n) is 7.85. The van der Waals surface area contributed by atoms with Gasteiger partial charge >= 0.3 is 0 Å². The molecule has 0 spiro atoms. The second-order valence-corrected chi connectivity index (χ2v) is 6.73. The summed E-state index contributed by atoms with van der Waals surface area (Å²) in [6, 6.07) is 13.6. The third kappa shape index (κ3) is 4.45. The molecule has 1 N–H and O–H groups in total. The summed E-state index contributed by atoms with van der Waals surface area (Å²) < 4.78 is 19.0. The molecule has 0 bridgehead atoms. The fourth-order valence-electron chi connectivity index (χ4n) is 2.30. The lowest BCUT2D eigenvalue weighted by Gasteiger charge is -2.07. The summed E-state index contributed by atoms with van der Waals surface area (Å²) in [7, 11) is 0. The predicted molar refractivity (Wildman–Crippen MR) is 98.9 cm³/mol. The number of nitrogens with one attached hydrogen (secondary N) is 1. The summed E-state index contributed by atoms with van der Waals surface area (Å²) in [5.74, 6) is 0.166. The standard InChI is InChI=1S/C20H18FNO2S/c1-13-6-7-18(8-14(13)2)24-11-15-9-19(25-12-15)20(23)22-17-5-3-4-16(21)10-17/h3-10,12H,11H2,1-2H3,(H,22,23). The van der Waals surface area contributed by atoms with Crippen LogP contribution in [-0.4, -0.2) is 5.91 Å². The maximum atomic E-state index is 13.2. The zero-order valence-corrected chi connectivity index (χ0v) is 14.8. The lowest BCUT2D eigenvalue weighted by molar-refractivity contribution is 0.103. The Bertz CT molecular complexity index is 904. The van der Waals surface area contributed by atoms with Gasteiger partial charge in [0.1, 0.15) is 18.2 Å². The Morgan fingerprint density at radius 1 is 1.12 bits per heavy atom. The van der Waals surface area contributed by atoms with Crippen LogP contribution in [0.2, 0.25) is 0 Å². The summed E-state index contributed by atoms with van der Waals surface area (Å²) in [4.78, 5) is 12.8. The molecule has 0 aliphatic rings. The van der Waals surface area contributed by atoms with Gasteiger partial charge in [-0.25, -0.2) is 4.39 Å². The van der Waals surface area contributed by atoms with Crippen molar-refractivity contribution in [1.29, 1.82) is 0 Å². The van der Waals surface area contributed by atoms with Crippen molar-refractivity contribution in [2.75, 3.05) is 5.32 Å². The Kier molecular flexibility index (Phi) is 5.14. The number of aryl methyl sites for hydroxylation is 2. The number of anilines is 1. The van der Waals surface area contributed by atoms with Crippen LogP contribution in [0.15, 0.2) is 53.9 Å². The molecule has 1 amide bonds. The first-order valence-corrected chi connectivity index (χ1v) is 8.73. The molecule has 0 aliphatic carbocycles. The number of carbonyl (C=O) groups is 1. The van der Waals surface area contributed by atoms with Crippen LogP contribution in [-0.2, 0) is 6.61 Å². The summed E-state index contributed by atoms with van der Waals surface area (Å²) >= 11 is 1.34. The molecule has 128 valence electrons. The molecule has 3 nitrogen and oxygen atoms in total. The molecule has 0 fully saturated rings. The van der Waals surface area contributed by atoms with Gasteiger partial charge in [-0.15, -0.1) is 11.3 Å². The van der Waals surface area contributed by atoms with E-state index in [1.54, 1.807) is 18.2 Å². The van der Waals surface area contributed by atoms with E-state index in [1.807, 2.05) is 30.5 Å². The molecule has 0 unspecified atom stereocenters. The van der Waals surface area contributed by atoms with E-state index in [0.717, 1.165) is 11.3 Å². The van der Waals surface area contributed by atoms with Crippen LogP contribution in [0.5, 0.6) is 5.75 Å². The van der Waals surface area contributed by atoms with Crippen LogP contribution in [0.1, 0.15) is 26.4 Å². The summed E-state index contributed by atoms with van der Waals surface area (Å²) in [5.41, 5.74) is 3.76. The van der Waals surface area contributed by atoms with Crippen molar-refractivity contribution in [1.82, 2.24) is 0 Å². The number of hydrogen-bond donors (Lipinski definition) is 1. The van der Waals surface area contributed by atoms with Gasteiger partial charge in [-0.1, -0.05) is 12.1 Å². The van der Waals surface area contributed by atoms with Crippen molar-refractivity contribution in [2.45, 2.75) is 20.5 Å². The van der Waals surface area contributed by atoms with Crippen molar-refractivity contribution >= 4 is 22.9 Å². The topological polar surface area (TPSA) is 38.3 Å². The van der Waals surface area contributed by atoms with Crippen LogP contribution < -0.4 is 10.1 Å². The minimum Gasteiger partial charge on any atom is -0.489 e. The van der Waals surface area contributed by atoms with Gasteiger partial charge in [-0.2, -0.15) is 0 Å². The number of benzene rings is 2. The molecule has 25 heavy (non-hydrogen) atoms. The van der Waals surface area contributed by atoms with Crippen molar-refractivity contribution < 1.29 is 13.9 Å². The highest BCUT2D eigenvalue weighted by Gasteiger charge is 2.10. The first kappa shape index (κ1) is 17.2. The summed E-state index contributed by atoms with van der Waals surface area (Å²) in [5, 5.41) is 4.58. The normalized spacial score (nSPS) is 10.5. The number of halogens is 1. The van der Waals surface area contributed by atoms with Gasteiger partial charge in [0.25, 0.3) is 5.91 Å². The van der Waals surface area contributed by atoms with E-state index >= 15 is 0 Å². The van der Waals surface area contributed by atoms with Gasteiger partial charge in [0.15, 0.2) is 0 Å². The molecule has 0 saturated heterocycles. The van der Waals surface area contributed by atoms with E-state index in [9.17, 15) is 9.18 Å². The highest BCUT2D eigenvalue weighted by molar-refractivity contribution is 7.12. The van der Waals surface area contributed by atoms with Crippen LogP contribution in [0, 0.1) is 19.7 Å². The highest BCUT2D eigenvalue weighted by atomic mass is 32.1. The molecule has 0 atom stereocenters. The molecular weight excluding hydrogens is 337 g/mol. The zero-order valence-electron chi connectivity index (χ0n) is 14.0. The van der Waals surface area contributed by atoms with Crippen LogP contribution >= 0.6 is 11.3 Å². The third-order valence-electron chi connectivity index (χ3n) is 3.84. The quantitative estimate of drug-likeness (QED) is 0.671. The molecule has 0 saturated carbocycles. The molecule has 0 aliphatic heterocycles. The van der Waals surface area contributed by atoms with Crippen LogP contribution in [0.3, 0.4) is 0 Å². The second kappa shape index (κ2) is 7.49. The summed E-state index contributed by atoms with van der Waals surface area (Å²) in [6.07, 6.45) is 0. The molecule has 5 heteroatoms. The summed E-state index contributed by atoms with van der Waals surface area (Å²) in [6.45, 7) is 4.50. The van der Waals surface area contributed by atoms with E-state index in [-0.39, 0.29) is 11.7 Å². The molecule has 3 rings (SSSR count). The van der Waals surface area contributed by atoms with Crippen LogP contribution in [0.25, 0.3) is 0 Å². The van der Waals surface area contributed by atoms with Crippen molar-refractivity contribution in [3.05, 3.63) is 81.3 Å². The number of thiophene rings is 1. The fraction of sp³-hybridized carbons (Fsp3) is 0.150. The van der Waals surface area contributed by atoms with Gasteiger partial charge in [-0.3, -0.25) is 4.79 Å². The Balaban J connectivity index is 1.61. The lowest BCUT2D eigenvalue weighted by Crippen LogP contribution is -2.10. The van der Waals surface area contributed by atoms with Gasteiger partial charge < -0.3 is 10.1 Å². The lowest BCUT2D eigenvalue weighted by atomic mass is 10.1. The van der Waals surface area contributed by atoms with Gasteiger partial charge in [-0.05, 0) is 66.8 Å². The SMILES string of the molecule is Cc1ccc(OCc2csc(C(=O)Nc3cccc(F)c3)c2)cc1C. The van der Waals surface area contributed by atoms with Gasteiger partial charge in [0.05, 0.1) is 4.88 Å². The monoisotopic (exact) mass is 355 g/mol. The number of amides is 1. The Morgan fingerprint density at radius 2 is 1.96 bits per heavy atom. The average molecular weight is 355 g/mol. The molecule has 1 heterocycles. The van der Waals surface area contributed by atoms with Gasteiger partial charge in [0.2, 0.25) is 0 Å². The molecule has 1 aromatic heterocycles. The molecule has 0 radical (unpaired) electrons. The van der Waals surface area contributed by atoms with E-state index in [4.69, 9.17) is 4.74 Å². The smallest absolute Gasteiger partial charge is 0.265 e. The second-order valence-electron chi connectivity index (χ2n) is 5.82. The highest BCUT2D eigenvalue weighted by Crippen LogP contribution is 2.21. The van der Waals surface area contributed by atoms with E-state index < -0.39 is 0 Å². The Morgan fingerprint density at radius 3 is 2.72 bits per heavy atom. The Labute approximate surface area is 150 Å². The van der Waals surface area contributed by atoms with Gasteiger partial charge in [0, 0.05) is 11.3 Å². The maximum Gasteiger partial charge on any atom is 0.265 e. The van der Waals surface area contributed by atoms with Crippen molar-refractivity contribution in [3.8, 4) is 5.75 Å². The number of carbonyl (C=O) groups excluding carboxylic acids is 1.